The maximum Gasteiger partial charge on any atom is 0.289 e. The molecule has 0 spiro atoms. The number of amides is 1. The van der Waals surface area contributed by atoms with Gasteiger partial charge in [0.2, 0.25) is 5.76 Å². The number of nitrogens with one attached hydrogen (secondary N) is 2. The van der Waals surface area contributed by atoms with E-state index in [0.717, 1.165) is 32.7 Å². The van der Waals surface area contributed by atoms with Gasteiger partial charge in [-0.05, 0) is 0 Å². The molecule has 0 aliphatic carbocycles. The summed E-state index contributed by atoms with van der Waals surface area (Å²) >= 11 is 0. The van der Waals surface area contributed by atoms with Crippen molar-refractivity contribution in [1.82, 2.24) is 20.7 Å². The molecule has 2 rings (SSSR count). The molecule has 0 bridgehead atoms. The number of aromatic nitrogens is 1. The molecule has 1 amide bonds. The monoisotopic (exact) mass is 224 g/mol. The number of carbonyl (C=O) groups excluding carboxylic acids is 1. The van der Waals surface area contributed by atoms with E-state index in [1.165, 1.54) is 6.20 Å². The van der Waals surface area contributed by atoms with Crippen LogP contribution in [0.3, 0.4) is 0 Å². The first-order valence-electron chi connectivity index (χ1n) is 5.48. The minimum absolute atomic E-state index is 0.201. The fourth-order valence-corrected chi connectivity index (χ4v) is 1.68. The minimum Gasteiger partial charge on any atom is -0.351 e. The van der Waals surface area contributed by atoms with Gasteiger partial charge in [0, 0.05) is 45.3 Å². The van der Waals surface area contributed by atoms with Crippen molar-refractivity contribution < 1.29 is 9.32 Å². The third-order valence-electron chi connectivity index (χ3n) is 2.58. The van der Waals surface area contributed by atoms with E-state index in [4.69, 9.17) is 4.52 Å². The van der Waals surface area contributed by atoms with Gasteiger partial charge in [-0.1, -0.05) is 5.16 Å². The number of nitrogens with zero attached hydrogens (tertiary/aromatic N) is 2. The number of piperazine rings is 1. The first kappa shape index (κ1) is 11.1. The van der Waals surface area contributed by atoms with Gasteiger partial charge in [-0.3, -0.25) is 9.69 Å². The van der Waals surface area contributed by atoms with Crippen molar-refractivity contribution >= 4 is 5.91 Å². The van der Waals surface area contributed by atoms with Crippen LogP contribution in [0.4, 0.5) is 0 Å². The summed E-state index contributed by atoms with van der Waals surface area (Å²) in [6.07, 6.45) is 1.46. The molecule has 16 heavy (non-hydrogen) atoms. The zero-order valence-electron chi connectivity index (χ0n) is 9.11. The summed E-state index contributed by atoms with van der Waals surface area (Å²) < 4.78 is 4.75. The van der Waals surface area contributed by atoms with Gasteiger partial charge in [-0.25, -0.2) is 0 Å². The van der Waals surface area contributed by atoms with Gasteiger partial charge in [0.25, 0.3) is 5.91 Å². The Balaban J connectivity index is 1.66. The average molecular weight is 224 g/mol. The van der Waals surface area contributed by atoms with Gasteiger partial charge in [0.15, 0.2) is 0 Å². The van der Waals surface area contributed by atoms with Gasteiger partial charge in [-0.15, -0.1) is 0 Å². The number of rotatable bonds is 4. The van der Waals surface area contributed by atoms with Gasteiger partial charge in [0.05, 0.1) is 6.20 Å². The maximum atomic E-state index is 11.5. The van der Waals surface area contributed by atoms with Gasteiger partial charge < -0.3 is 15.2 Å². The van der Waals surface area contributed by atoms with E-state index >= 15 is 0 Å². The molecule has 0 saturated carbocycles. The first-order valence-corrected chi connectivity index (χ1v) is 5.48. The molecule has 1 aromatic rings. The molecule has 6 heteroatoms. The molecule has 6 nitrogen and oxygen atoms in total. The van der Waals surface area contributed by atoms with E-state index in [-0.39, 0.29) is 11.7 Å². The molecule has 2 N–H and O–H groups in total. The predicted molar refractivity (Wildman–Crippen MR) is 58.1 cm³/mol. The minimum atomic E-state index is -0.201. The molecule has 1 saturated heterocycles. The Hall–Kier alpha value is -1.40. The summed E-state index contributed by atoms with van der Waals surface area (Å²) in [6.45, 7) is 5.64. The Morgan fingerprint density at radius 3 is 3.06 bits per heavy atom. The zero-order chi connectivity index (χ0) is 11.2. The van der Waals surface area contributed by atoms with Gasteiger partial charge in [0.1, 0.15) is 0 Å². The zero-order valence-corrected chi connectivity index (χ0v) is 9.11. The molecule has 0 radical (unpaired) electrons. The number of hydrogen-bond donors (Lipinski definition) is 2. The fraction of sp³-hybridized carbons (Fsp3) is 0.600. The van der Waals surface area contributed by atoms with Crippen LogP contribution in [0.15, 0.2) is 16.8 Å². The predicted octanol–water partition coefficient (Wildman–Crippen LogP) is -0.690. The SMILES string of the molecule is O=C(NCCN1CCNCC1)c1ccno1. The Morgan fingerprint density at radius 2 is 2.38 bits per heavy atom. The quantitative estimate of drug-likeness (QED) is 0.708. The Bertz CT molecular complexity index is 320. The molecular formula is C10H16N4O2. The lowest BCUT2D eigenvalue weighted by Gasteiger charge is -2.26. The van der Waals surface area contributed by atoms with Crippen LogP contribution in [0.2, 0.25) is 0 Å². The van der Waals surface area contributed by atoms with Crippen LogP contribution < -0.4 is 10.6 Å². The molecule has 1 aromatic heterocycles. The molecule has 1 aliphatic rings. The van der Waals surface area contributed by atoms with Gasteiger partial charge in [-0.2, -0.15) is 0 Å². The van der Waals surface area contributed by atoms with E-state index in [1.807, 2.05) is 0 Å². The van der Waals surface area contributed by atoms with E-state index in [0.29, 0.717) is 6.54 Å². The largest absolute Gasteiger partial charge is 0.351 e. The lowest BCUT2D eigenvalue weighted by molar-refractivity contribution is 0.0910. The first-order chi connectivity index (χ1) is 7.86. The van der Waals surface area contributed by atoms with Crippen molar-refractivity contribution in [3.8, 4) is 0 Å². The van der Waals surface area contributed by atoms with Crippen LogP contribution in [-0.2, 0) is 0 Å². The highest BCUT2D eigenvalue weighted by Crippen LogP contribution is 1.95. The second-order valence-corrected chi connectivity index (χ2v) is 3.72. The highest BCUT2D eigenvalue weighted by molar-refractivity contribution is 5.91. The second-order valence-electron chi connectivity index (χ2n) is 3.72. The van der Waals surface area contributed by atoms with E-state index in [1.54, 1.807) is 6.07 Å². The standard InChI is InChI=1S/C10H16N4O2/c15-10(9-1-2-13-16-9)12-5-8-14-6-3-11-4-7-14/h1-2,11H,3-8H2,(H,12,15). The van der Waals surface area contributed by atoms with Gasteiger partial charge >= 0.3 is 0 Å². The van der Waals surface area contributed by atoms with E-state index in [2.05, 4.69) is 20.7 Å². The van der Waals surface area contributed by atoms with Crippen molar-refractivity contribution in [2.45, 2.75) is 0 Å². The van der Waals surface area contributed by atoms with Crippen LogP contribution in [0.1, 0.15) is 10.6 Å². The van der Waals surface area contributed by atoms with Crippen molar-refractivity contribution in [2.24, 2.45) is 0 Å². The number of carbonyl (C=O) groups is 1. The summed E-state index contributed by atoms with van der Waals surface area (Å²) in [6, 6.07) is 1.56. The van der Waals surface area contributed by atoms with Crippen molar-refractivity contribution in [3.05, 3.63) is 18.0 Å². The van der Waals surface area contributed by atoms with Crippen LogP contribution in [-0.4, -0.2) is 55.2 Å². The molecule has 1 fully saturated rings. The lowest BCUT2D eigenvalue weighted by Crippen LogP contribution is -2.46. The summed E-state index contributed by atoms with van der Waals surface area (Å²) in [5.41, 5.74) is 0. The van der Waals surface area contributed by atoms with E-state index < -0.39 is 0 Å². The lowest BCUT2D eigenvalue weighted by atomic mass is 10.3. The molecule has 0 unspecified atom stereocenters. The smallest absolute Gasteiger partial charge is 0.289 e. The van der Waals surface area contributed by atoms with Crippen molar-refractivity contribution in [2.75, 3.05) is 39.3 Å². The van der Waals surface area contributed by atoms with Crippen molar-refractivity contribution in [3.63, 3.8) is 0 Å². The highest BCUT2D eigenvalue weighted by Gasteiger charge is 2.11. The van der Waals surface area contributed by atoms with Crippen LogP contribution in [0.5, 0.6) is 0 Å². The average Bonchev–Trinajstić information content (AvgIpc) is 2.84. The van der Waals surface area contributed by atoms with Crippen molar-refractivity contribution in [1.29, 1.82) is 0 Å². The molecule has 2 heterocycles. The van der Waals surface area contributed by atoms with Crippen LogP contribution in [0, 0.1) is 0 Å². The normalized spacial score (nSPS) is 17.2. The Kier molecular flexibility index (Phi) is 3.90. The summed E-state index contributed by atoms with van der Waals surface area (Å²) in [7, 11) is 0. The molecule has 0 atom stereocenters. The summed E-state index contributed by atoms with van der Waals surface area (Å²) in [5.74, 6) is 0.0629. The number of hydrogen-bond acceptors (Lipinski definition) is 5. The van der Waals surface area contributed by atoms with Crippen LogP contribution >= 0.6 is 0 Å². The molecule has 1 aliphatic heterocycles. The highest BCUT2D eigenvalue weighted by atomic mass is 16.5. The van der Waals surface area contributed by atoms with Crippen LogP contribution in [0.25, 0.3) is 0 Å². The Morgan fingerprint density at radius 1 is 1.56 bits per heavy atom. The second kappa shape index (κ2) is 5.62. The molecule has 0 aromatic carbocycles. The molecule has 88 valence electrons. The third kappa shape index (κ3) is 3.04. The topological polar surface area (TPSA) is 70.4 Å². The van der Waals surface area contributed by atoms with E-state index in [9.17, 15) is 4.79 Å². The summed E-state index contributed by atoms with van der Waals surface area (Å²) in [4.78, 5) is 13.8. The Labute approximate surface area is 94.0 Å². The summed E-state index contributed by atoms with van der Waals surface area (Å²) in [5, 5.41) is 9.57. The third-order valence-corrected chi connectivity index (χ3v) is 2.58. The molecular weight excluding hydrogens is 208 g/mol. The fourth-order valence-electron chi connectivity index (χ4n) is 1.68. The maximum absolute atomic E-state index is 11.5.